The molecule has 0 amide bonds. The number of aromatic amines is 1. The maximum absolute atomic E-state index is 11.2. The zero-order valence-corrected chi connectivity index (χ0v) is 7.27. The molecule has 1 heterocycles. The highest BCUT2D eigenvalue weighted by atomic mass is 16.1. The number of H-pyrrole nitrogens is 1. The van der Waals surface area contributed by atoms with Crippen molar-refractivity contribution in [2.45, 2.75) is 0 Å². The summed E-state index contributed by atoms with van der Waals surface area (Å²) in [5.41, 5.74) is 1.18. The molecule has 2 aromatic rings. The number of benzene rings is 1. The lowest BCUT2D eigenvalue weighted by atomic mass is 10.2. The van der Waals surface area contributed by atoms with Crippen molar-refractivity contribution in [3.05, 3.63) is 52.4 Å². The lowest BCUT2D eigenvalue weighted by Gasteiger charge is -1.99. The predicted molar refractivity (Wildman–Crippen MR) is 51.1 cm³/mol. The van der Waals surface area contributed by atoms with Crippen LogP contribution in [0, 0.1) is 11.3 Å². The molecule has 0 saturated heterocycles. The molecule has 1 N–H and O–H groups in total. The van der Waals surface area contributed by atoms with Gasteiger partial charge in [0.2, 0.25) is 0 Å². The summed E-state index contributed by atoms with van der Waals surface area (Å²) in [5, 5.41) is 11.4. The van der Waals surface area contributed by atoms with Crippen LogP contribution in [0.5, 0.6) is 0 Å². The predicted octanol–water partition coefficient (Wildman–Crippen LogP) is 1.04. The van der Waals surface area contributed by atoms with E-state index < -0.39 is 0 Å². The first-order valence-electron chi connectivity index (χ1n) is 4.08. The van der Waals surface area contributed by atoms with Gasteiger partial charge in [-0.3, -0.25) is 9.89 Å². The van der Waals surface area contributed by atoms with Gasteiger partial charge in [0, 0.05) is 12.3 Å². The standard InChI is InChI=1S/C10H7N3O/c11-7-8-1-3-9(4-2-8)13-10(14)5-6-12-13/h1-6,12H. The second-order valence-corrected chi connectivity index (χ2v) is 2.79. The van der Waals surface area contributed by atoms with E-state index >= 15 is 0 Å². The van der Waals surface area contributed by atoms with Gasteiger partial charge in [-0.25, -0.2) is 4.68 Å². The Balaban J connectivity index is 2.50. The molecule has 4 nitrogen and oxygen atoms in total. The summed E-state index contributed by atoms with van der Waals surface area (Å²) in [6.07, 6.45) is 1.57. The van der Waals surface area contributed by atoms with Gasteiger partial charge in [-0.1, -0.05) is 0 Å². The first-order chi connectivity index (χ1) is 6.81. The lowest BCUT2D eigenvalue weighted by molar-refractivity contribution is 0.849. The number of hydrogen-bond donors (Lipinski definition) is 1. The minimum absolute atomic E-state index is 0.116. The fourth-order valence-electron chi connectivity index (χ4n) is 1.21. The SMILES string of the molecule is N#Cc1ccc(-n2[nH]ccc2=O)cc1. The van der Waals surface area contributed by atoms with Crippen molar-refractivity contribution in [1.82, 2.24) is 9.78 Å². The van der Waals surface area contributed by atoms with Gasteiger partial charge in [0.15, 0.2) is 0 Å². The van der Waals surface area contributed by atoms with E-state index in [9.17, 15) is 4.79 Å². The van der Waals surface area contributed by atoms with Crippen LogP contribution < -0.4 is 5.56 Å². The topological polar surface area (TPSA) is 61.6 Å². The second-order valence-electron chi connectivity index (χ2n) is 2.79. The van der Waals surface area contributed by atoms with E-state index in [4.69, 9.17) is 5.26 Å². The Labute approximate surface area is 80.0 Å². The highest BCUT2D eigenvalue weighted by Gasteiger charge is 1.98. The third kappa shape index (κ3) is 1.31. The molecule has 0 aliphatic rings. The maximum Gasteiger partial charge on any atom is 0.271 e. The molecular weight excluding hydrogens is 178 g/mol. The van der Waals surface area contributed by atoms with E-state index in [1.54, 1.807) is 30.5 Å². The van der Waals surface area contributed by atoms with E-state index in [0.29, 0.717) is 5.56 Å². The molecule has 0 aliphatic carbocycles. The Hall–Kier alpha value is -2.28. The summed E-state index contributed by atoms with van der Waals surface area (Å²) in [5.74, 6) is 0. The molecule has 0 spiro atoms. The Kier molecular flexibility index (Phi) is 1.92. The summed E-state index contributed by atoms with van der Waals surface area (Å²) in [6.45, 7) is 0. The zero-order valence-electron chi connectivity index (χ0n) is 7.27. The molecule has 0 fully saturated rings. The molecule has 0 aliphatic heterocycles. The summed E-state index contributed by atoms with van der Waals surface area (Å²) in [4.78, 5) is 11.2. The van der Waals surface area contributed by atoms with Crippen molar-refractivity contribution in [3.63, 3.8) is 0 Å². The molecule has 0 atom stereocenters. The summed E-state index contributed by atoms with van der Waals surface area (Å²) in [7, 11) is 0. The molecule has 0 bridgehead atoms. The summed E-state index contributed by atoms with van der Waals surface area (Å²) < 4.78 is 1.40. The Morgan fingerprint density at radius 3 is 2.43 bits per heavy atom. The number of aromatic nitrogens is 2. The monoisotopic (exact) mass is 185 g/mol. The lowest BCUT2D eigenvalue weighted by Crippen LogP contribution is -2.13. The molecule has 1 aromatic carbocycles. The van der Waals surface area contributed by atoms with E-state index in [-0.39, 0.29) is 5.56 Å². The van der Waals surface area contributed by atoms with Crippen molar-refractivity contribution in [1.29, 1.82) is 5.26 Å². The highest BCUT2D eigenvalue weighted by Crippen LogP contribution is 2.05. The van der Waals surface area contributed by atoms with E-state index in [2.05, 4.69) is 5.10 Å². The molecule has 2 rings (SSSR count). The molecule has 0 saturated carbocycles. The molecule has 14 heavy (non-hydrogen) atoms. The van der Waals surface area contributed by atoms with Crippen LogP contribution in [0.3, 0.4) is 0 Å². The number of nitrogens with zero attached hydrogens (tertiary/aromatic N) is 2. The van der Waals surface area contributed by atoms with E-state index in [0.717, 1.165) is 5.69 Å². The average Bonchev–Trinajstić information content (AvgIpc) is 2.65. The highest BCUT2D eigenvalue weighted by molar-refractivity contribution is 5.38. The number of nitrogens with one attached hydrogen (secondary N) is 1. The van der Waals surface area contributed by atoms with Crippen LogP contribution in [0.2, 0.25) is 0 Å². The largest absolute Gasteiger partial charge is 0.298 e. The third-order valence-electron chi connectivity index (χ3n) is 1.90. The van der Waals surface area contributed by atoms with Crippen LogP contribution in [0.4, 0.5) is 0 Å². The van der Waals surface area contributed by atoms with Crippen molar-refractivity contribution in [3.8, 4) is 11.8 Å². The quantitative estimate of drug-likeness (QED) is 0.721. The van der Waals surface area contributed by atoms with Gasteiger partial charge >= 0.3 is 0 Å². The van der Waals surface area contributed by atoms with Gasteiger partial charge in [-0.2, -0.15) is 5.26 Å². The minimum Gasteiger partial charge on any atom is -0.298 e. The van der Waals surface area contributed by atoms with Crippen molar-refractivity contribution in [2.75, 3.05) is 0 Å². The molecule has 68 valence electrons. The van der Waals surface area contributed by atoms with Gasteiger partial charge in [-0.05, 0) is 24.3 Å². The first kappa shape index (κ1) is 8.32. The second kappa shape index (κ2) is 3.23. The Morgan fingerprint density at radius 2 is 1.93 bits per heavy atom. The van der Waals surface area contributed by atoms with Crippen molar-refractivity contribution >= 4 is 0 Å². The fourth-order valence-corrected chi connectivity index (χ4v) is 1.21. The normalized spacial score (nSPS) is 9.64. The van der Waals surface area contributed by atoms with Crippen LogP contribution in [0.1, 0.15) is 5.56 Å². The first-order valence-corrected chi connectivity index (χ1v) is 4.08. The number of nitriles is 1. The van der Waals surface area contributed by atoms with Crippen LogP contribution in [-0.2, 0) is 0 Å². The maximum atomic E-state index is 11.2. The minimum atomic E-state index is -0.116. The molecule has 0 radical (unpaired) electrons. The molecule has 4 heteroatoms. The Bertz CT molecular complexity index is 527. The van der Waals surface area contributed by atoms with Gasteiger partial charge < -0.3 is 0 Å². The van der Waals surface area contributed by atoms with E-state index in [1.807, 2.05) is 6.07 Å². The molecular formula is C10H7N3O. The summed E-state index contributed by atoms with van der Waals surface area (Å²) >= 11 is 0. The zero-order chi connectivity index (χ0) is 9.97. The average molecular weight is 185 g/mol. The van der Waals surface area contributed by atoms with Gasteiger partial charge in [-0.15, -0.1) is 0 Å². The van der Waals surface area contributed by atoms with Gasteiger partial charge in [0.1, 0.15) is 0 Å². The van der Waals surface area contributed by atoms with Crippen LogP contribution in [0.25, 0.3) is 5.69 Å². The van der Waals surface area contributed by atoms with Crippen molar-refractivity contribution in [2.24, 2.45) is 0 Å². The van der Waals surface area contributed by atoms with Crippen LogP contribution in [0.15, 0.2) is 41.3 Å². The van der Waals surface area contributed by atoms with Crippen molar-refractivity contribution < 1.29 is 0 Å². The molecule has 1 aromatic heterocycles. The summed E-state index contributed by atoms with van der Waals surface area (Å²) in [6, 6.07) is 10.2. The number of rotatable bonds is 1. The number of hydrogen-bond acceptors (Lipinski definition) is 2. The van der Waals surface area contributed by atoms with Gasteiger partial charge in [0.25, 0.3) is 5.56 Å². The molecule has 0 unspecified atom stereocenters. The van der Waals surface area contributed by atoms with Crippen LogP contribution in [-0.4, -0.2) is 9.78 Å². The van der Waals surface area contributed by atoms with Gasteiger partial charge in [0.05, 0.1) is 17.3 Å². The Morgan fingerprint density at radius 1 is 1.21 bits per heavy atom. The van der Waals surface area contributed by atoms with Crippen LogP contribution >= 0.6 is 0 Å². The van der Waals surface area contributed by atoms with E-state index in [1.165, 1.54) is 10.7 Å². The smallest absolute Gasteiger partial charge is 0.271 e. The third-order valence-corrected chi connectivity index (χ3v) is 1.90. The fraction of sp³-hybridized carbons (Fsp3) is 0.